The fraction of sp³-hybridized carbons (Fsp3) is 0.250. The Labute approximate surface area is 220 Å². The maximum Gasteiger partial charge on any atom is 0.435 e. The number of hydrogen-bond acceptors (Lipinski definition) is 5. The highest BCUT2D eigenvalue weighted by Gasteiger charge is 2.35. The number of sulfone groups is 1. The third kappa shape index (κ3) is 6.62. The number of ether oxygens (including phenoxy) is 1. The van der Waals surface area contributed by atoms with E-state index in [-0.39, 0.29) is 22.9 Å². The van der Waals surface area contributed by atoms with Crippen molar-refractivity contribution in [2.45, 2.75) is 30.5 Å². The van der Waals surface area contributed by atoms with E-state index in [4.69, 9.17) is 4.74 Å². The molecule has 1 N–H and O–H groups in total. The molecule has 0 aliphatic heterocycles. The second-order valence-corrected chi connectivity index (χ2v) is 11.0. The van der Waals surface area contributed by atoms with Gasteiger partial charge in [-0.2, -0.15) is 18.3 Å². The van der Waals surface area contributed by atoms with E-state index in [1.807, 2.05) is 31.3 Å². The fourth-order valence-corrected chi connectivity index (χ4v) is 4.98. The summed E-state index contributed by atoms with van der Waals surface area (Å²) in [6, 6.07) is 23.0. The maximum absolute atomic E-state index is 13.4. The van der Waals surface area contributed by atoms with Crippen molar-refractivity contribution in [1.82, 2.24) is 15.1 Å². The predicted octanol–water partition coefficient (Wildman–Crippen LogP) is 5.56. The van der Waals surface area contributed by atoms with E-state index in [0.717, 1.165) is 18.1 Å². The smallest absolute Gasteiger partial charge is 0.435 e. The molecule has 4 aromatic rings. The van der Waals surface area contributed by atoms with Gasteiger partial charge in [0.2, 0.25) is 0 Å². The lowest BCUT2D eigenvalue weighted by Crippen LogP contribution is -2.23. The third-order valence-corrected chi connectivity index (χ3v) is 7.78. The molecular weight excluding hydrogens is 515 g/mol. The second kappa shape index (κ2) is 11.4. The summed E-state index contributed by atoms with van der Waals surface area (Å²) in [6.45, 7) is 2.04. The number of hydrogen-bond donors (Lipinski definition) is 1. The molecule has 0 spiro atoms. The van der Waals surface area contributed by atoms with E-state index in [1.165, 1.54) is 28.9 Å². The summed E-state index contributed by atoms with van der Waals surface area (Å²) in [4.78, 5) is 0.0470. The van der Waals surface area contributed by atoms with Gasteiger partial charge < -0.3 is 10.1 Å². The molecule has 38 heavy (non-hydrogen) atoms. The number of likely N-dealkylation sites (N-methyl/N-ethyl adjacent to an activating group) is 1. The Morgan fingerprint density at radius 1 is 0.974 bits per heavy atom. The van der Waals surface area contributed by atoms with Crippen LogP contribution in [0.1, 0.15) is 18.2 Å². The first kappa shape index (κ1) is 27.4. The van der Waals surface area contributed by atoms with Gasteiger partial charge in [-0.15, -0.1) is 0 Å². The van der Waals surface area contributed by atoms with Crippen molar-refractivity contribution in [3.05, 3.63) is 96.2 Å². The molecule has 0 amide bonds. The number of halogens is 3. The van der Waals surface area contributed by atoms with Crippen LogP contribution in [-0.4, -0.2) is 43.6 Å². The second-order valence-electron chi connectivity index (χ2n) is 8.89. The number of aromatic nitrogens is 2. The van der Waals surface area contributed by atoms with Crippen LogP contribution in [-0.2, 0) is 22.4 Å². The molecule has 10 heteroatoms. The maximum atomic E-state index is 13.4. The summed E-state index contributed by atoms with van der Waals surface area (Å²) >= 11 is 0. The predicted molar refractivity (Wildman–Crippen MR) is 140 cm³/mol. The van der Waals surface area contributed by atoms with Crippen molar-refractivity contribution in [1.29, 1.82) is 0 Å². The molecule has 0 bridgehead atoms. The minimum absolute atomic E-state index is 0.0391. The highest BCUT2D eigenvalue weighted by atomic mass is 32.2. The lowest BCUT2D eigenvalue weighted by Gasteiger charge is -2.12. The van der Waals surface area contributed by atoms with Gasteiger partial charge in [-0.1, -0.05) is 42.5 Å². The first-order valence-electron chi connectivity index (χ1n) is 12.0. The monoisotopic (exact) mass is 543 g/mol. The van der Waals surface area contributed by atoms with E-state index in [0.29, 0.717) is 23.0 Å². The minimum atomic E-state index is -4.62. The lowest BCUT2D eigenvalue weighted by molar-refractivity contribution is -0.141. The topological polar surface area (TPSA) is 73.2 Å². The Balaban J connectivity index is 1.46. The largest absolute Gasteiger partial charge is 0.493 e. The van der Waals surface area contributed by atoms with Crippen molar-refractivity contribution < 1.29 is 26.3 Å². The van der Waals surface area contributed by atoms with Crippen LogP contribution in [0.15, 0.2) is 89.8 Å². The summed E-state index contributed by atoms with van der Waals surface area (Å²) < 4.78 is 72.6. The standard InChI is InChI=1S/C28H28F3N3O3S/c1-20(32-2)18-21-8-12-24(13-9-21)37-16-17-38(35,36)25-14-10-23(11-15-25)34-26(22-6-4-3-5-7-22)19-27(33-34)28(29,30)31/h3-15,19-20,32H,16-18H2,1-2H3. The van der Waals surface area contributed by atoms with Gasteiger partial charge in [0.05, 0.1) is 22.0 Å². The molecule has 0 saturated carbocycles. The SMILES string of the molecule is CNC(C)Cc1ccc(OCCS(=O)(=O)c2ccc(-n3nc(C(F)(F)F)cc3-c3ccccc3)cc2)cc1. The third-order valence-electron chi connectivity index (χ3n) is 6.09. The molecule has 3 aromatic carbocycles. The van der Waals surface area contributed by atoms with Gasteiger partial charge >= 0.3 is 6.18 Å². The molecule has 1 unspecified atom stereocenters. The van der Waals surface area contributed by atoms with Crippen LogP contribution in [0.2, 0.25) is 0 Å². The van der Waals surface area contributed by atoms with Crippen molar-refractivity contribution in [3.8, 4) is 22.7 Å². The van der Waals surface area contributed by atoms with Crippen LogP contribution >= 0.6 is 0 Å². The van der Waals surface area contributed by atoms with Gasteiger partial charge in [0, 0.05) is 11.6 Å². The van der Waals surface area contributed by atoms with E-state index in [9.17, 15) is 21.6 Å². The Morgan fingerprint density at radius 3 is 2.24 bits per heavy atom. The first-order valence-corrected chi connectivity index (χ1v) is 13.7. The van der Waals surface area contributed by atoms with Gasteiger partial charge in [-0.25, -0.2) is 13.1 Å². The average Bonchev–Trinajstić information content (AvgIpc) is 3.37. The normalized spacial score (nSPS) is 12.9. The van der Waals surface area contributed by atoms with Gasteiger partial charge in [-0.05, 0) is 68.4 Å². The highest BCUT2D eigenvalue weighted by Crippen LogP contribution is 2.33. The van der Waals surface area contributed by atoms with Gasteiger partial charge in [0.15, 0.2) is 15.5 Å². The number of rotatable bonds is 10. The Kier molecular flexibility index (Phi) is 8.23. The molecule has 1 heterocycles. The van der Waals surface area contributed by atoms with Crippen molar-refractivity contribution in [3.63, 3.8) is 0 Å². The summed E-state index contributed by atoms with van der Waals surface area (Å²) in [7, 11) is -1.78. The van der Waals surface area contributed by atoms with Crippen molar-refractivity contribution >= 4 is 9.84 Å². The van der Waals surface area contributed by atoms with Crippen LogP contribution in [0.4, 0.5) is 13.2 Å². The molecule has 0 radical (unpaired) electrons. The molecule has 0 aliphatic carbocycles. The zero-order valence-corrected chi connectivity index (χ0v) is 21.8. The summed E-state index contributed by atoms with van der Waals surface area (Å²) in [6.07, 6.45) is -3.76. The van der Waals surface area contributed by atoms with Gasteiger partial charge in [-0.3, -0.25) is 0 Å². The van der Waals surface area contributed by atoms with Crippen LogP contribution in [0.3, 0.4) is 0 Å². The van der Waals surface area contributed by atoms with E-state index in [1.54, 1.807) is 30.3 Å². The van der Waals surface area contributed by atoms with E-state index >= 15 is 0 Å². The number of benzene rings is 3. The lowest BCUT2D eigenvalue weighted by atomic mass is 10.1. The fourth-order valence-electron chi connectivity index (χ4n) is 3.89. The van der Waals surface area contributed by atoms with E-state index in [2.05, 4.69) is 17.3 Å². The quantitative estimate of drug-likeness (QED) is 0.284. The Bertz CT molecular complexity index is 1450. The number of nitrogens with zero attached hydrogens (tertiary/aromatic N) is 2. The minimum Gasteiger partial charge on any atom is -0.493 e. The molecule has 0 aliphatic rings. The van der Waals surface area contributed by atoms with Crippen LogP contribution < -0.4 is 10.1 Å². The van der Waals surface area contributed by atoms with Gasteiger partial charge in [0.25, 0.3) is 0 Å². The summed E-state index contributed by atoms with van der Waals surface area (Å²) in [5.41, 5.74) is 1.21. The average molecular weight is 544 g/mol. The highest BCUT2D eigenvalue weighted by molar-refractivity contribution is 7.91. The Morgan fingerprint density at radius 2 is 1.63 bits per heavy atom. The number of alkyl halides is 3. The zero-order chi connectivity index (χ0) is 27.3. The number of nitrogens with one attached hydrogen (secondary N) is 1. The summed E-state index contributed by atoms with van der Waals surface area (Å²) in [5, 5.41) is 6.92. The van der Waals surface area contributed by atoms with Crippen LogP contribution in [0, 0.1) is 0 Å². The molecular formula is C28H28F3N3O3S. The molecule has 0 fully saturated rings. The first-order chi connectivity index (χ1) is 18.1. The molecule has 1 atom stereocenters. The molecule has 200 valence electrons. The zero-order valence-electron chi connectivity index (χ0n) is 20.9. The van der Waals surface area contributed by atoms with E-state index < -0.39 is 21.7 Å². The molecule has 6 nitrogen and oxygen atoms in total. The molecule has 4 rings (SSSR count). The summed E-state index contributed by atoms with van der Waals surface area (Å²) in [5.74, 6) is 0.323. The van der Waals surface area contributed by atoms with Crippen LogP contribution in [0.25, 0.3) is 16.9 Å². The van der Waals surface area contributed by atoms with Crippen molar-refractivity contribution in [2.75, 3.05) is 19.4 Å². The Hall–Kier alpha value is -3.63. The molecule has 0 saturated heterocycles. The molecule has 1 aromatic heterocycles. The van der Waals surface area contributed by atoms with Gasteiger partial charge in [0.1, 0.15) is 12.4 Å². The van der Waals surface area contributed by atoms with Crippen LogP contribution in [0.5, 0.6) is 5.75 Å². The van der Waals surface area contributed by atoms with Crippen molar-refractivity contribution in [2.24, 2.45) is 0 Å².